The normalized spacial score (nSPS) is 11.4. The fourth-order valence-electron chi connectivity index (χ4n) is 0.942. The van der Waals surface area contributed by atoms with Gasteiger partial charge >= 0.3 is 0 Å². The molecule has 0 radical (unpaired) electrons. The zero-order chi connectivity index (χ0) is 13.6. The summed E-state index contributed by atoms with van der Waals surface area (Å²) in [4.78, 5) is 11.4. The Morgan fingerprint density at radius 3 is 2.72 bits per heavy atom. The molecule has 1 aromatic heterocycles. The van der Waals surface area contributed by atoms with Gasteiger partial charge in [-0.2, -0.15) is 0 Å². The van der Waals surface area contributed by atoms with Crippen LogP contribution in [0.2, 0.25) is 0 Å². The van der Waals surface area contributed by atoms with Crippen LogP contribution in [0.5, 0.6) is 0 Å². The molecule has 10 heteroatoms. The van der Waals surface area contributed by atoms with Crippen molar-refractivity contribution in [1.29, 1.82) is 0 Å². The maximum atomic E-state index is 11.4. The summed E-state index contributed by atoms with van der Waals surface area (Å²) in [6.07, 6.45) is 0. The van der Waals surface area contributed by atoms with Crippen molar-refractivity contribution < 1.29 is 13.2 Å². The second-order valence-electron chi connectivity index (χ2n) is 3.25. The van der Waals surface area contributed by atoms with Crippen molar-refractivity contribution in [2.75, 3.05) is 25.1 Å². The van der Waals surface area contributed by atoms with Crippen molar-refractivity contribution in [3.05, 3.63) is 5.01 Å². The summed E-state index contributed by atoms with van der Waals surface area (Å²) in [7, 11) is -1.93. The number of hydrogen-bond acceptors (Lipinski definition) is 7. The number of carbonyl (C=O) groups excluding carboxylic acids is 1. The molecule has 1 rings (SSSR count). The lowest BCUT2D eigenvalue weighted by Crippen LogP contribution is -2.33. The van der Waals surface area contributed by atoms with E-state index in [1.165, 1.54) is 30.1 Å². The molecule has 2 N–H and O–H groups in total. The highest BCUT2D eigenvalue weighted by Gasteiger charge is 2.09. The van der Waals surface area contributed by atoms with Crippen LogP contribution in [0.15, 0.2) is 4.34 Å². The number of rotatable bonds is 7. The highest BCUT2D eigenvalue weighted by atomic mass is 32.2. The Bertz CT molecular complexity index is 499. The molecule has 0 aliphatic carbocycles. The average molecular weight is 310 g/mol. The van der Waals surface area contributed by atoms with Crippen molar-refractivity contribution >= 4 is 39.0 Å². The lowest BCUT2D eigenvalue weighted by atomic mass is 10.6. The van der Waals surface area contributed by atoms with E-state index in [0.29, 0.717) is 0 Å². The third-order valence-electron chi connectivity index (χ3n) is 1.84. The molecule has 0 fully saturated rings. The minimum atomic E-state index is -3.27. The first-order valence-corrected chi connectivity index (χ1v) is 8.49. The molecule has 0 spiro atoms. The Hall–Kier alpha value is -0.710. The van der Waals surface area contributed by atoms with Crippen LogP contribution in [0.4, 0.5) is 0 Å². The number of amides is 1. The van der Waals surface area contributed by atoms with E-state index >= 15 is 0 Å². The van der Waals surface area contributed by atoms with Crippen molar-refractivity contribution in [2.45, 2.75) is 11.3 Å². The zero-order valence-electron chi connectivity index (χ0n) is 9.97. The minimum absolute atomic E-state index is 0.0950. The van der Waals surface area contributed by atoms with Gasteiger partial charge in [-0.3, -0.25) is 4.79 Å². The van der Waals surface area contributed by atoms with E-state index in [9.17, 15) is 13.2 Å². The van der Waals surface area contributed by atoms with Gasteiger partial charge < -0.3 is 5.32 Å². The number of nitrogens with one attached hydrogen (secondary N) is 2. The highest BCUT2D eigenvalue weighted by molar-refractivity contribution is 8.01. The predicted octanol–water partition coefficient (Wildman–Crippen LogP) is -0.396. The number of hydrogen-bond donors (Lipinski definition) is 2. The number of carbonyl (C=O) groups is 1. The number of aromatic nitrogens is 2. The van der Waals surface area contributed by atoms with Gasteiger partial charge in [-0.15, -0.1) is 10.2 Å². The van der Waals surface area contributed by atoms with Crippen LogP contribution in [0.25, 0.3) is 0 Å². The van der Waals surface area contributed by atoms with Gasteiger partial charge in [0.1, 0.15) is 5.01 Å². The third kappa shape index (κ3) is 5.76. The molecule has 0 saturated heterocycles. The number of nitrogens with zero attached hydrogens (tertiary/aromatic N) is 2. The maximum absolute atomic E-state index is 11.4. The Morgan fingerprint density at radius 1 is 1.44 bits per heavy atom. The summed E-state index contributed by atoms with van der Waals surface area (Å²) in [5, 5.41) is 11.1. The lowest BCUT2D eigenvalue weighted by Gasteiger charge is -2.04. The van der Waals surface area contributed by atoms with E-state index in [-0.39, 0.29) is 24.0 Å². The molecule has 0 aliphatic rings. The Kier molecular flexibility index (Phi) is 5.99. The Labute approximate surface area is 114 Å². The quantitative estimate of drug-likeness (QED) is 0.665. The molecule has 1 aromatic rings. The van der Waals surface area contributed by atoms with Crippen LogP contribution >= 0.6 is 23.1 Å². The standard InChI is InChI=1S/C8H14N4O3S3/c1-6-11-12-8(17-6)16-5-7(13)10-3-4-18(14,15)9-2/h9H,3-5H2,1-2H3,(H,10,13). The summed E-state index contributed by atoms with van der Waals surface area (Å²) in [5.74, 6) is -0.148. The first kappa shape index (κ1) is 15.3. The summed E-state index contributed by atoms with van der Waals surface area (Å²) in [5.41, 5.74) is 0. The summed E-state index contributed by atoms with van der Waals surface area (Å²) in [6.45, 7) is 1.93. The first-order chi connectivity index (χ1) is 8.43. The molecule has 7 nitrogen and oxygen atoms in total. The second-order valence-corrected chi connectivity index (χ2v) is 7.70. The van der Waals surface area contributed by atoms with E-state index in [4.69, 9.17) is 0 Å². The summed E-state index contributed by atoms with van der Waals surface area (Å²) in [6, 6.07) is 0. The van der Waals surface area contributed by atoms with Crippen molar-refractivity contribution in [3.8, 4) is 0 Å². The average Bonchev–Trinajstić information content (AvgIpc) is 2.72. The van der Waals surface area contributed by atoms with Crippen molar-refractivity contribution in [3.63, 3.8) is 0 Å². The molecule has 102 valence electrons. The van der Waals surface area contributed by atoms with Crippen LogP contribution in [0.3, 0.4) is 0 Å². The largest absolute Gasteiger partial charge is 0.354 e. The van der Waals surface area contributed by atoms with Gasteiger partial charge in [0.2, 0.25) is 15.9 Å². The molecule has 0 aromatic carbocycles. The van der Waals surface area contributed by atoms with E-state index in [2.05, 4.69) is 20.2 Å². The van der Waals surface area contributed by atoms with Gasteiger partial charge in [0, 0.05) is 6.54 Å². The van der Waals surface area contributed by atoms with Crippen LogP contribution in [-0.4, -0.2) is 49.6 Å². The zero-order valence-corrected chi connectivity index (χ0v) is 12.4. The molecule has 0 bridgehead atoms. The molecular weight excluding hydrogens is 296 g/mol. The summed E-state index contributed by atoms with van der Waals surface area (Å²) >= 11 is 2.70. The van der Waals surface area contributed by atoms with E-state index in [0.717, 1.165) is 9.35 Å². The number of sulfonamides is 1. The van der Waals surface area contributed by atoms with Gasteiger partial charge in [-0.1, -0.05) is 23.1 Å². The first-order valence-electron chi connectivity index (χ1n) is 5.04. The lowest BCUT2D eigenvalue weighted by molar-refractivity contribution is -0.118. The van der Waals surface area contributed by atoms with Gasteiger partial charge in [-0.05, 0) is 14.0 Å². The SMILES string of the molecule is CNS(=O)(=O)CCNC(=O)CSc1nnc(C)s1. The van der Waals surface area contributed by atoms with Crippen LogP contribution < -0.4 is 10.0 Å². The second kappa shape index (κ2) is 7.02. The fourth-order valence-corrected chi connectivity index (χ4v) is 3.16. The van der Waals surface area contributed by atoms with Gasteiger partial charge in [-0.25, -0.2) is 13.1 Å². The monoisotopic (exact) mass is 310 g/mol. The minimum Gasteiger partial charge on any atom is -0.354 e. The number of aryl methyl sites for hydroxylation is 1. The van der Waals surface area contributed by atoms with E-state index in [1.807, 2.05) is 6.92 Å². The van der Waals surface area contributed by atoms with Gasteiger partial charge in [0.25, 0.3) is 0 Å². The molecule has 0 aliphatic heterocycles. The van der Waals surface area contributed by atoms with Crippen LogP contribution in [0.1, 0.15) is 5.01 Å². The van der Waals surface area contributed by atoms with Crippen molar-refractivity contribution in [1.82, 2.24) is 20.2 Å². The molecule has 0 atom stereocenters. The molecule has 1 heterocycles. The Morgan fingerprint density at radius 2 is 2.17 bits per heavy atom. The van der Waals surface area contributed by atoms with E-state index in [1.54, 1.807) is 0 Å². The van der Waals surface area contributed by atoms with Crippen LogP contribution in [0, 0.1) is 6.92 Å². The molecule has 18 heavy (non-hydrogen) atoms. The Balaban J connectivity index is 2.22. The molecule has 1 amide bonds. The summed E-state index contributed by atoms with van der Waals surface area (Å²) < 4.78 is 25.1. The fraction of sp³-hybridized carbons (Fsp3) is 0.625. The topological polar surface area (TPSA) is 101 Å². The number of thioether (sulfide) groups is 1. The molecule has 0 saturated carbocycles. The van der Waals surface area contributed by atoms with E-state index < -0.39 is 10.0 Å². The van der Waals surface area contributed by atoms with Crippen molar-refractivity contribution in [2.24, 2.45) is 0 Å². The molecular formula is C8H14N4O3S3. The third-order valence-corrected chi connectivity index (χ3v) is 5.17. The van der Waals surface area contributed by atoms with Crippen LogP contribution in [-0.2, 0) is 14.8 Å². The molecule has 0 unspecified atom stereocenters. The maximum Gasteiger partial charge on any atom is 0.230 e. The smallest absolute Gasteiger partial charge is 0.230 e. The predicted molar refractivity (Wildman–Crippen MR) is 71.2 cm³/mol. The van der Waals surface area contributed by atoms with Gasteiger partial charge in [0.15, 0.2) is 4.34 Å². The highest BCUT2D eigenvalue weighted by Crippen LogP contribution is 2.21. The van der Waals surface area contributed by atoms with Gasteiger partial charge in [0.05, 0.1) is 11.5 Å².